The molecule has 1 amide bonds. The van der Waals surface area contributed by atoms with Crippen molar-refractivity contribution in [2.75, 3.05) is 30.4 Å². The lowest BCUT2D eigenvalue weighted by Gasteiger charge is -2.28. The van der Waals surface area contributed by atoms with E-state index in [1.807, 2.05) is 10.9 Å². The van der Waals surface area contributed by atoms with Crippen LogP contribution in [-0.2, 0) is 11.3 Å². The zero-order valence-electron chi connectivity index (χ0n) is 15.9. The molecule has 0 aromatic carbocycles. The first-order valence-electron chi connectivity index (χ1n) is 9.56. The summed E-state index contributed by atoms with van der Waals surface area (Å²) in [4.78, 5) is 23.6. The van der Waals surface area contributed by atoms with Gasteiger partial charge in [-0.2, -0.15) is 5.10 Å². The fourth-order valence-corrected chi connectivity index (χ4v) is 4.04. The van der Waals surface area contributed by atoms with Crippen LogP contribution in [0, 0.1) is 0 Å². The summed E-state index contributed by atoms with van der Waals surface area (Å²) in [5.74, 6) is 1.28. The van der Waals surface area contributed by atoms with Gasteiger partial charge in [-0.25, -0.2) is 14.6 Å². The summed E-state index contributed by atoms with van der Waals surface area (Å²) in [5.41, 5.74) is 0.834. The number of aromatic nitrogens is 4. The number of hydrogen-bond acceptors (Lipinski definition) is 6. The van der Waals surface area contributed by atoms with E-state index >= 15 is 0 Å². The highest BCUT2D eigenvalue weighted by Crippen LogP contribution is 2.30. The van der Waals surface area contributed by atoms with Crippen LogP contribution in [0.25, 0.3) is 11.0 Å². The summed E-state index contributed by atoms with van der Waals surface area (Å²) >= 11 is 7.27. The number of rotatable bonds is 8. The molecule has 27 heavy (non-hydrogen) atoms. The summed E-state index contributed by atoms with van der Waals surface area (Å²) in [6.07, 6.45) is 5.85. The van der Waals surface area contributed by atoms with E-state index in [0.717, 1.165) is 35.1 Å². The maximum Gasteiger partial charge on any atom is 0.221 e. The van der Waals surface area contributed by atoms with Gasteiger partial charge in [-0.3, -0.25) is 4.79 Å². The van der Waals surface area contributed by atoms with Gasteiger partial charge in [0.05, 0.1) is 18.1 Å². The Balaban J connectivity index is 1.85. The molecule has 1 N–H and O–H groups in total. The normalized spacial score (nSPS) is 14.9. The predicted molar refractivity (Wildman–Crippen MR) is 111 cm³/mol. The lowest BCUT2D eigenvalue weighted by Crippen LogP contribution is -2.30. The van der Waals surface area contributed by atoms with Gasteiger partial charge in [-0.05, 0) is 19.3 Å². The second kappa shape index (κ2) is 9.59. The molecule has 3 rings (SSSR count). The van der Waals surface area contributed by atoms with E-state index in [1.165, 1.54) is 19.3 Å². The molecule has 3 heterocycles. The summed E-state index contributed by atoms with van der Waals surface area (Å²) in [5, 5.41) is 9.56. The van der Waals surface area contributed by atoms with Gasteiger partial charge in [0.2, 0.25) is 5.91 Å². The van der Waals surface area contributed by atoms with Gasteiger partial charge in [0.25, 0.3) is 0 Å². The Bertz CT molecular complexity index is 775. The minimum absolute atomic E-state index is 0.0406. The van der Waals surface area contributed by atoms with Gasteiger partial charge < -0.3 is 10.2 Å². The van der Waals surface area contributed by atoms with E-state index in [0.29, 0.717) is 30.6 Å². The summed E-state index contributed by atoms with van der Waals surface area (Å²) < 4.78 is 1.86. The van der Waals surface area contributed by atoms with Crippen molar-refractivity contribution in [1.29, 1.82) is 0 Å². The fourth-order valence-electron chi connectivity index (χ4n) is 3.17. The topological polar surface area (TPSA) is 75.9 Å². The average molecular weight is 411 g/mol. The number of carbonyl (C=O) groups excluding carboxylic acids is 1. The molecule has 7 nitrogen and oxygen atoms in total. The Hall–Kier alpha value is -1.54. The molecule has 0 atom stereocenters. The van der Waals surface area contributed by atoms with Crippen molar-refractivity contribution >= 4 is 46.1 Å². The number of amides is 1. The zero-order valence-corrected chi connectivity index (χ0v) is 17.5. The Kier molecular flexibility index (Phi) is 7.18. The summed E-state index contributed by atoms with van der Waals surface area (Å²) in [7, 11) is 0. The highest BCUT2D eigenvalue weighted by molar-refractivity contribution is 7.99. The Morgan fingerprint density at radius 2 is 2.07 bits per heavy atom. The molecule has 0 spiro atoms. The van der Waals surface area contributed by atoms with Crippen molar-refractivity contribution in [3.63, 3.8) is 0 Å². The molecule has 2 aromatic rings. The molecular weight excluding hydrogens is 384 g/mol. The monoisotopic (exact) mass is 410 g/mol. The van der Waals surface area contributed by atoms with E-state index in [9.17, 15) is 4.79 Å². The van der Waals surface area contributed by atoms with Gasteiger partial charge in [0.15, 0.2) is 10.8 Å². The van der Waals surface area contributed by atoms with Crippen molar-refractivity contribution in [3.8, 4) is 0 Å². The molecule has 1 fully saturated rings. The van der Waals surface area contributed by atoms with Crippen LogP contribution in [0.3, 0.4) is 0 Å². The maximum atomic E-state index is 11.6. The number of nitrogens with zero attached hydrogens (tertiary/aromatic N) is 5. The van der Waals surface area contributed by atoms with Gasteiger partial charge in [0, 0.05) is 37.2 Å². The molecule has 0 saturated carbocycles. The Morgan fingerprint density at radius 3 is 2.78 bits per heavy atom. The van der Waals surface area contributed by atoms with Gasteiger partial charge >= 0.3 is 0 Å². The van der Waals surface area contributed by atoms with Crippen LogP contribution in [0.5, 0.6) is 0 Å². The smallest absolute Gasteiger partial charge is 0.221 e. The van der Waals surface area contributed by atoms with Gasteiger partial charge in [-0.1, -0.05) is 25.6 Å². The second-order valence-corrected chi connectivity index (χ2v) is 8.86. The largest absolute Gasteiger partial charge is 0.356 e. The molecule has 1 saturated heterocycles. The average Bonchev–Trinajstić information content (AvgIpc) is 3.04. The number of nitrogens with one attached hydrogen (secondary N) is 1. The molecule has 0 bridgehead atoms. The minimum Gasteiger partial charge on any atom is -0.356 e. The third kappa shape index (κ3) is 5.25. The predicted octanol–water partition coefficient (Wildman–Crippen LogP) is 3.06. The number of halogens is 1. The number of anilines is 1. The number of alkyl halides is 1. The van der Waals surface area contributed by atoms with Crippen LogP contribution in [0.4, 0.5) is 5.82 Å². The number of fused-ring (bicyclic) bond motifs is 1. The summed E-state index contributed by atoms with van der Waals surface area (Å²) in [6, 6.07) is 0. The first kappa shape index (κ1) is 20.2. The SMILES string of the molecule is CC(C)Sc1nc(N2CCCCC2)c2cnn(CCNC(=O)CCCl)c2n1. The summed E-state index contributed by atoms with van der Waals surface area (Å²) in [6.45, 7) is 7.40. The zero-order chi connectivity index (χ0) is 19.2. The molecule has 9 heteroatoms. The van der Waals surface area contributed by atoms with Crippen LogP contribution in [-0.4, -0.2) is 56.4 Å². The van der Waals surface area contributed by atoms with Gasteiger partial charge in [0.1, 0.15) is 5.82 Å². The van der Waals surface area contributed by atoms with Crippen LogP contribution in [0.2, 0.25) is 0 Å². The Labute approximate surface area is 169 Å². The number of thioether (sulfide) groups is 1. The van der Waals surface area contributed by atoms with E-state index in [1.54, 1.807) is 11.8 Å². The Morgan fingerprint density at radius 1 is 1.30 bits per heavy atom. The number of piperidine rings is 1. The third-order valence-electron chi connectivity index (χ3n) is 4.42. The number of hydrogen-bond donors (Lipinski definition) is 1. The fraction of sp³-hybridized carbons (Fsp3) is 0.667. The number of carbonyl (C=O) groups is 1. The van der Waals surface area contributed by atoms with Crippen molar-refractivity contribution in [1.82, 2.24) is 25.1 Å². The second-order valence-electron chi connectivity index (χ2n) is 6.94. The standard InChI is InChI=1S/C18H27ClN6OS/c1-13(2)27-18-22-16(24-9-4-3-5-10-24)14-12-21-25(17(14)23-18)11-8-20-15(26)6-7-19/h12-13H,3-11H2,1-2H3,(H,20,26). The molecule has 2 aromatic heterocycles. The van der Waals surface area contributed by atoms with E-state index in [-0.39, 0.29) is 5.91 Å². The van der Waals surface area contributed by atoms with Crippen molar-refractivity contribution in [3.05, 3.63) is 6.20 Å². The molecule has 1 aliphatic rings. The van der Waals surface area contributed by atoms with E-state index in [4.69, 9.17) is 21.6 Å². The quantitative estimate of drug-likeness (QED) is 0.409. The molecule has 0 aliphatic carbocycles. The third-order valence-corrected chi connectivity index (χ3v) is 5.47. The van der Waals surface area contributed by atoms with Crippen LogP contribution >= 0.6 is 23.4 Å². The maximum absolute atomic E-state index is 11.6. The van der Waals surface area contributed by atoms with Crippen LogP contribution < -0.4 is 10.2 Å². The van der Waals surface area contributed by atoms with E-state index < -0.39 is 0 Å². The van der Waals surface area contributed by atoms with Crippen molar-refractivity contribution < 1.29 is 4.79 Å². The van der Waals surface area contributed by atoms with Crippen molar-refractivity contribution in [2.45, 2.75) is 56.5 Å². The van der Waals surface area contributed by atoms with E-state index in [2.05, 4.69) is 29.2 Å². The lowest BCUT2D eigenvalue weighted by atomic mass is 10.1. The molecule has 148 valence electrons. The first-order chi connectivity index (χ1) is 13.1. The molecule has 1 aliphatic heterocycles. The van der Waals surface area contributed by atoms with Crippen molar-refractivity contribution in [2.24, 2.45) is 0 Å². The molecular formula is C18H27ClN6OS. The van der Waals surface area contributed by atoms with Crippen LogP contribution in [0.1, 0.15) is 39.5 Å². The first-order valence-corrected chi connectivity index (χ1v) is 11.0. The lowest BCUT2D eigenvalue weighted by molar-refractivity contribution is -0.120. The van der Waals surface area contributed by atoms with Gasteiger partial charge in [-0.15, -0.1) is 11.6 Å². The molecule has 0 unspecified atom stereocenters. The highest BCUT2D eigenvalue weighted by Gasteiger charge is 2.20. The highest BCUT2D eigenvalue weighted by atomic mass is 35.5. The molecule has 0 radical (unpaired) electrons. The van der Waals surface area contributed by atoms with Crippen LogP contribution in [0.15, 0.2) is 11.4 Å². The minimum atomic E-state index is -0.0406.